The fraction of sp³-hybridized carbons (Fsp3) is 0.652. The molecule has 53 heavy (non-hydrogen) atoms. The van der Waals surface area contributed by atoms with E-state index < -0.39 is 16.4 Å². The molecule has 6 nitrogen and oxygen atoms in total. The fourth-order valence-electron chi connectivity index (χ4n) is 13.0. The van der Waals surface area contributed by atoms with Crippen LogP contribution in [0.1, 0.15) is 119 Å². The van der Waals surface area contributed by atoms with E-state index in [2.05, 4.69) is 59.8 Å². The number of amides is 1. The molecule has 2 spiro atoms. The van der Waals surface area contributed by atoms with Crippen LogP contribution < -0.4 is 0 Å². The van der Waals surface area contributed by atoms with Gasteiger partial charge < -0.3 is 19.8 Å². The van der Waals surface area contributed by atoms with Gasteiger partial charge in [0.05, 0.1) is 23.1 Å². The first-order valence-electron chi connectivity index (χ1n) is 20.6. The molecule has 286 valence electrons. The molecule has 0 aliphatic heterocycles. The minimum Gasteiger partial charge on any atom is -0.446 e. The standard InChI is InChI=1S/C46H61NO5S/c1-29(2)34-14-12-30(3)24-36(34)52-41(50)47(27-32-10-8-7-9-11-32)28-45(51)21-18-39-43(45,6)20-17-38-42(5)19-16-33(48)25-44(42)22-23-46(38,39)35(26-44)40(49)37-15-13-31(4)53-37/h7-11,13,15,22-23,26,29-30,33-34,36,38-39,48,51H,12,14,16-21,24-25,27-28H2,1-6H3. The van der Waals surface area contributed by atoms with Crippen molar-refractivity contribution in [2.24, 2.45) is 51.2 Å². The zero-order valence-corrected chi connectivity index (χ0v) is 33.6. The Morgan fingerprint density at radius 2 is 1.66 bits per heavy atom. The van der Waals surface area contributed by atoms with Crippen molar-refractivity contribution >= 4 is 23.2 Å². The fourth-order valence-corrected chi connectivity index (χ4v) is 13.9. The highest BCUT2D eigenvalue weighted by Gasteiger charge is 2.74. The monoisotopic (exact) mass is 739 g/mol. The molecular weight excluding hydrogens is 679 g/mol. The van der Waals surface area contributed by atoms with Crippen molar-refractivity contribution < 1.29 is 24.5 Å². The van der Waals surface area contributed by atoms with Crippen LogP contribution in [0.3, 0.4) is 0 Å². The Morgan fingerprint density at radius 3 is 2.38 bits per heavy atom. The Bertz CT molecular complexity index is 1800. The summed E-state index contributed by atoms with van der Waals surface area (Å²) in [6, 6.07) is 14.1. The third kappa shape index (κ3) is 5.67. The molecule has 2 aromatic rings. The molecule has 2 N–H and O–H groups in total. The lowest BCUT2D eigenvalue weighted by Gasteiger charge is -2.71. The number of hydrogen-bond acceptors (Lipinski definition) is 6. The number of benzene rings is 1. The molecule has 11 unspecified atom stereocenters. The van der Waals surface area contributed by atoms with Gasteiger partial charge >= 0.3 is 6.09 Å². The van der Waals surface area contributed by atoms with Crippen LogP contribution in [-0.4, -0.2) is 51.3 Å². The molecule has 4 fully saturated rings. The number of aryl methyl sites for hydroxylation is 1. The molecule has 7 aliphatic rings. The number of allylic oxidation sites excluding steroid dienone is 4. The number of ketones is 1. The lowest BCUT2D eigenvalue weighted by atomic mass is 9.32. The molecule has 1 aromatic carbocycles. The highest BCUT2D eigenvalue weighted by atomic mass is 32.1. The van der Waals surface area contributed by atoms with Crippen molar-refractivity contribution in [3.63, 3.8) is 0 Å². The number of ether oxygens (including phenoxy) is 1. The molecule has 1 heterocycles. The highest BCUT2D eigenvalue weighted by Crippen LogP contribution is 2.78. The van der Waals surface area contributed by atoms with Gasteiger partial charge in [0, 0.05) is 33.2 Å². The number of carbonyl (C=O) groups excluding carboxylic acids is 2. The van der Waals surface area contributed by atoms with Crippen LogP contribution in [0.15, 0.2) is 66.3 Å². The molecule has 11 atom stereocenters. The molecule has 0 saturated heterocycles. The van der Waals surface area contributed by atoms with Crippen LogP contribution >= 0.6 is 11.3 Å². The summed E-state index contributed by atoms with van der Waals surface area (Å²) in [5.41, 5.74) is -0.803. The molecule has 7 aliphatic carbocycles. The Morgan fingerprint density at radius 1 is 0.943 bits per heavy atom. The van der Waals surface area contributed by atoms with Crippen molar-refractivity contribution in [1.29, 1.82) is 0 Å². The highest BCUT2D eigenvalue weighted by molar-refractivity contribution is 7.14. The number of aliphatic hydroxyl groups is 2. The van der Waals surface area contributed by atoms with Gasteiger partial charge in [-0.3, -0.25) is 4.79 Å². The molecule has 1 amide bonds. The van der Waals surface area contributed by atoms with Crippen LogP contribution in [0.2, 0.25) is 0 Å². The largest absolute Gasteiger partial charge is 0.446 e. The summed E-state index contributed by atoms with van der Waals surface area (Å²) in [5, 5.41) is 24.3. The van der Waals surface area contributed by atoms with E-state index in [4.69, 9.17) is 4.74 Å². The average molecular weight is 740 g/mol. The zero-order valence-electron chi connectivity index (χ0n) is 32.8. The Hall–Kier alpha value is -2.74. The third-order valence-corrected chi connectivity index (χ3v) is 17.1. The summed E-state index contributed by atoms with van der Waals surface area (Å²) in [4.78, 5) is 33.0. The van der Waals surface area contributed by atoms with Crippen molar-refractivity contribution in [1.82, 2.24) is 4.90 Å². The second kappa shape index (κ2) is 13.2. The third-order valence-electron chi connectivity index (χ3n) is 16.1. The molecule has 4 saturated carbocycles. The molecule has 7 heteroatoms. The van der Waals surface area contributed by atoms with Gasteiger partial charge in [-0.2, -0.15) is 0 Å². The molecule has 9 rings (SSSR count). The number of Topliss-reactive ketones (excluding diaryl/α,β-unsaturated/α-hetero) is 1. The normalized spacial score (nSPS) is 41.3. The minimum atomic E-state index is -1.17. The summed E-state index contributed by atoms with van der Waals surface area (Å²) >= 11 is 1.56. The predicted molar refractivity (Wildman–Crippen MR) is 210 cm³/mol. The zero-order chi connectivity index (χ0) is 37.6. The Kier molecular flexibility index (Phi) is 9.26. The van der Waals surface area contributed by atoms with Gasteiger partial charge in [-0.05, 0) is 117 Å². The summed E-state index contributed by atoms with van der Waals surface area (Å²) in [6.07, 6.45) is 14.7. The Labute approximate surface area is 321 Å². The lowest BCUT2D eigenvalue weighted by molar-refractivity contribution is -0.175. The summed E-state index contributed by atoms with van der Waals surface area (Å²) in [5.74, 6) is 1.61. The summed E-state index contributed by atoms with van der Waals surface area (Å²) in [6.45, 7) is 14.0. The molecular formula is C46H61NO5S. The second-order valence-corrected chi connectivity index (χ2v) is 20.4. The first kappa shape index (κ1) is 37.2. The maximum Gasteiger partial charge on any atom is 0.410 e. The number of fused-ring (bicyclic) bond motifs is 1. The van der Waals surface area contributed by atoms with Gasteiger partial charge in [0.1, 0.15) is 6.10 Å². The number of nitrogens with zero attached hydrogens (tertiary/aromatic N) is 1. The van der Waals surface area contributed by atoms with Crippen molar-refractivity contribution in [3.8, 4) is 0 Å². The Balaban J connectivity index is 1.16. The van der Waals surface area contributed by atoms with E-state index in [1.807, 2.05) is 42.5 Å². The number of hydrogen-bond donors (Lipinski definition) is 2. The van der Waals surface area contributed by atoms with Crippen LogP contribution in [0.4, 0.5) is 4.79 Å². The van der Waals surface area contributed by atoms with E-state index >= 15 is 0 Å². The van der Waals surface area contributed by atoms with Gasteiger partial charge in [0.2, 0.25) is 0 Å². The van der Waals surface area contributed by atoms with E-state index in [0.717, 1.165) is 72.3 Å². The summed E-state index contributed by atoms with van der Waals surface area (Å²) in [7, 11) is 0. The first-order valence-corrected chi connectivity index (χ1v) is 21.4. The van der Waals surface area contributed by atoms with Crippen molar-refractivity contribution in [3.05, 3.63) is 81.6 Å². The van der Waals surface area contributed by atoms with Crippen LogP contribution in [0.5, 0.6) is 0 Å². The van der Waals surface area contributed by atoms with E-state index in [-0.39, 0.29) is 53.3 Å². The lowest BCUT2D eigenvalue weighted by Crippen LogP contribution is -2.67. The van der Waals surface area contributed by atoms with Crippen LogP contribution in [0, 0.1) is 58.2 Å². The smallest absolute Gasteiger partial charge is 0.410 e. The van der Waals surface area contributed by atoms with E-state index in [1.165, 1.54) is 0 Å². The van der Waals surface area contributed by atoms with Gasteiger partial charge in [-0.1, -0.05) is 89.6 Å². The van der Waals surface area contributed by atoms with Crippen molar-refractivity contribution in [2.75, 3.05) is 6.54 Å². The number of carbonyl (C=O) groups is 2. The number of rotatable bonds is 8. The SMILES string of the molecule is Cc1ccc(C(=O)C2=CC34C=CC25C(CCC2(C)C5CCC2(O)CN(Cc2ccccc2)C(=O)OC2CC(C)CCC2C(C)C)C3(C)CCC(O)C4)s1. The van der Waals surface area contributed by atoms with Gasteiger partial charge in [0.25, 0.3) is 0 Å². The maximum atomic E-state index is 14.8. The van der Waals surface area contributed by atoms with Crippen molar-refractivity contribution in [2.45, 2.75) is 130 Å². The van der Waals surface area contributed by atoms with Gasteiger partial charge in [0.15, 0.2) is 5.78 Å². The van der Waals surface area contributed by atoms with E-state index in [9.17, 15) is 19.8 Å². The van der Waals surface area contributed by atoms with Crippen LogP contribution in [-0.2, 0) is 11.3 Å². The molecule has 1 aromatic heterocycles. The quantitative estimate of drug-likeness (QED) is 0.208. The van der Waals surface area contributed by atoms with Crippen LogP contribution in [0.25, 0.3) is 0 Å². The van der Waals surface area contributed by atoms with E-state index in [1.54, 1.807) is 16.2 Å². The molecule has 0 radical (unpaired) electrons. The van der Waals surface area contributed by atoms with Gasteiger partial charge in [-0.25, -0.2) is 4.79 Å². The first-order chi connectivity index (χ1) is 25.1. The maximum absolute atomic E-state index is 14.8. The average Bonchev–Trinajstić information content (AvgIpc) is 3.67. The van der Waals surface area contributed by atoms with E-state index in [0.29, 0.717) is 37.1 Å². The predicted octanol–water partition coefficient (Wildman–Crippen LogP) is 9.93. The second-order valence-electron chi connectivity index (χ2n) is 19.1. The minimum absolute atomic E-state index is 0.0207. The van der Waals surface area contributed by atoms with Gasteiger partial charge in [-0.15, -0.1) is 11.3 Å². The topological polar surface area (TPSA) is 87.1 Å². The number of thiophene rings is 1. The summed E-state index contributed by atoms with van der Waals surface area (Å²) < 4.78 is 6.50. The number of aliphatic hydroxyl groups excluding tert-OH is 1. The molecule has 2 bridgehead atoms.